The highest BCUT2D eigenvalue weighted by Gasteiger charge is 2.08. The zero-order chi connectivity index (χ0) is 12.8. The number of rotatable bonds is 5. The van der Waals surface area contributed by atoms with Crippen LogP contribution in [0, 0.1) is 0 Å². The molecule has 0 saturated heterocycles. The molecule has 1 aromatic carbocycles. The van der Waals surface area contributed by atoms with E-state index >= 15 is 0 Å². The van der Waals surface area contributed by atoms with Gasteiger partial charge in [-0.05, 0) is 34.1 Å². The number of carbonyl (C=O) groups is 2. The minimum Gasteiger partial charge on any atom is -0.492 e. The summed E-state index contributed by atoms with van der Waals surface area (Å²) in [7, 11) is 1.31. The van der Waals surface area contributed by atoms with E-state index in [9.17, 15) is 9.59 Å². The van der Waals surface area contributed by atoms with Crippen molar-refractivity contribution in [3.63, 3.8) is 0 Å². The SMILES string of the molecule is COC(=O)CCOc1ccc(C(=O)O)cc1Br. The summed E-state index contributed by atoms with van der Waals surface area (Å²) in [5.74, 6) is -0.881. The van der Waals surface area contributed by atoms with E-state index in [-0.39, 0.29) is 24.6 Å². The molecule has 1 N–H and O–H groups in total. The summed E-state index contributed by atoms with van der Waals surface area (Å²) in [6, 6.07) is 4.40. The van der Waals surface area contributed by atoms with Gasteiger partial charge in [-0.3, -0.25) is 4.79 Å². The van der Waals surface area contributed by atoms with Gasteiger partial charge >= 0.3 is 11.9 Å². The van der Waals surface area contributed by atoms with E-state index in [0.29, 0.717) is 10.2 Å². The standard InChI is InChI=1S/C11H11BrO5/c1-16-10(13)4-5-17-9-3-2-7(11(14)15)6-8(9)12/h2-3,6H,4-5H2,1H3,(H,14,15). The Morgan fingerprint density at radius 2 is 2.12 bits per heavy atom. The van der Waals surface area contributed by atoms with Gasteiger partial charge in [0, 0.05) is 0 Å². The van der Waals surface area contributed by atoms with E-state index in [0.717, 1.165) is 0 Å². The van der Waals surface area contributed by atoms with E-state index in [1.54, 1.807) is 0 Å². The predicted octanol–water partition coefficient (Wildman–Crippen LogP) is 2.09. The van der Waals surface area contributed by atoms with Crippen molar-refractivity contribution >= 4 is 27.9 Å². The number of carboxylic acids is 1. The quantitative estimate of drug-likeness (QED) is 0.843. The molecule has 0 aliphatic rings. The molecule has 0 unspecified atom stereocenters. The number of benzene rings is 1. The smallest absolute Gasteiger partial charge is 0.335 e. The maximum atomic E-state index is 10.8. The minimum atomic E-state index is -1.01. The largest absolute Gasteiger partial charge is 0.492 e. The fourth-order valence-corrected chi connectivity index (χ4v) is 1.59. The van der Waals surface area contributed by atoms with Crippen LogP contribution in [0.3, 0.4) is 0 Å². The van der Waals surface area contributed by atoms with Crippen LogP contribution in [0.15, 0.2) is 22.7 Å². The van der Waals surface area contributed by atoms with Gasteiger partial charge in [0.15, 0.2) is 0 Å². The monoisotopic (exact) mass is 302 g/mol. The highest BCUT2D eigenvalue weighted by molar-refractivity contribution is 9.10. The van der Waals surface area contributed by atoms with Gasteiger partial charge in [0.25, 0.3) is 0 Å². The molecule has 0 atom stereocenters. The van der Waals surface area contributed by atoms with Crippen molar-refractivity contribution in [1.82, 2.24) is 0 Å². The van der Waals surface area contributed by atoms with Crippen LogP contribution >= 0.6 is 15.9 Å². The first-order chi connectivity index (χ1) is 8.04. The molecule has 0 heterocycles. The van der Waals surface area contributed by atoms with Gasteiger partial charge in [0.05, 0.1) is 30.2 Å². The number of hydrogen-bond donors (Lipinski definition) is 1. The Labute approximate surface area is 106 Å². The highest BCUT2D eigenvalue weighted by atomic mass is 79.9. The number of carbonyl (C=O) groups excluding carboxylic acids is 1. The number of hydrogen-bond acceptors (Lipinski definition) is 4. The topological polar surface area (TPSA) is 72.8 Å². The van der Waals surface area contributed by atoms with Gasteiger partial charge in [0.1, 0.15) is 5.75 Å². The zero-order valence-electron chi connectivity index (χ0n) is 9.10. The van der Waals surface area contributed by atoms with Crippen molar-refractivity contribution in [3.8, 4) is 5.75 Å². The Morgan fingerprint density at radius 1 is 1.41 bits per heavy atom. The Bertz CT molecular complexity index is 430. The van der Waals surface area contributed by atoms with Gasteiger partial charge in [-0.25, -0.2) is 4.79 Å². The van der Waals surface area contributed by atoms with E-state index in [1.807, 2.05) is 0 Å². The second-order valence-electron chi connectivity index (χ2n) is 3.12. The number of halogens is 1. The molecule has 0 amide bonds. The maximum Gasteiger partial charge on any atom is 0.335 e. The molecule has 0 fully saturated rings. The van der Waals surface area contributed by atoms with E-state index in [1.165, 1.54) is 25.3 Å². The number of aromatic carboxylic acids is 1. The van der Waals surface area contributed by atoms with Crippen LogP contribution in [0.4, 0.5) is 0 Å². The second kappa shape index (κ2) is 6.24. The average molecular weight is 303 g/mol. The van der Waals surface area contributed by atoms with Crippen LogP contribution in [0.5, 0.6) is 5.75 Å². The fraction of sp³-hybridized carbons (Fsp3) is 0.273. The summed E-state index contributed by atoms with van der Waals surface area (Å²) in [5.41, 5.74) is 0.164. The lowest BCUT2D eigenvalue weighted by Crippen LogP contribution is -2.08. The van der Waals surface area contributed by atoms with E-state index in [4.69, 9.17) is 9.84 Å². The summed E-state index contributed by atoms with van der Waals surface area (Å²) >= 11 is 3.20. The fourth-order valence-electron chi connectivity index (χ4n) is 1.10. The summed E-state index contributed by atoms with van der Waals surface area (Å²) < 4.78 is 10.3. The van der Waals surface area contributed by atoms with Crippen molar-refractivity contribution < 1.29 is 24.2 Å². The third-order valence-corrected chi connectivity index (χ3v) is 2.59. The van der Waals surface area contributed by atoms with Crippen LogP contribution in [-0.2, 0) is 9.53 Å². The van der Waals surface area contributed by atoms with E-state index in [2.05, 4.69) is 20.7 Å². The van der Waals surface area contributed by atoms with Crippen molar-refractivity contribution in [3.05, 3.63) is 28.2 Å². The molecule has 17 heavy (non-hydrogen) atoms. The van der Waals surface area contributed by atoms with Gasteiger partial charge in [0.2, 0.25) is 0 Å². The number of esters is 1. The molecule has 0 bridgehead atoms. The van der Waals surface area contributed by atoms with Crippen LogP contribution < -0.4 is 4.74 Å². The number of methoxy groups -OCH3 is 1. The molecule has 0 radical (unpaired) electrons. The Hall–Kier alpha value is -1.56. The van der Waals surface area contributed by atoms with Crippen molar-refractivity contribution in [2.75, 3.05) is 13.7 Å². The Kier molecular flexibility index (Phi) is 4.96. The third kappa shape index (κ3) is 4.07. The maximum absolute atomic E-state index is 10.8. The molecule has 5 nitrogen and oxygen atoms in total. The first-order valence-electron chi connectivity index (χ1n) is 4.77. The first-order valence-corrected chi connectivity index (χ1v) is 5.56. The summed E-state index contributed by atoms with van der Waals surface area (Å²) in [5, 5.41) is 8.76. The molecule has 92 valence electrons. The molecule has 0 aliphatic heterocycles. The van der Waals surface area contributed by atoms with Gasteiger partial charge < -0.3 is 14.6 Å². The lowest BCUT2D eigenvalue weighted by Gasteiger charge is -2.07. The number of carboxylic acid groups (broad SMARTS) is 1. The molecular weight excluding hydrogens is 292 g/mol. The predicted molar refractivity (Wildman–Crippen MR) is 63.2 cm³/mol. The van der Waals surface area contributed by atoms with Gasteiger partial charge in [-0.1, -0.05) is 0 Å². The van der Waals surface area contributed by atoms with Gasteiger partial charge in [-0.15, -0.1) is 0 Å². The van der Waals surface area contributed by atoms with Crippen LogP contribution in [0.1, 0.15) is 16.8 Å². The average Bonchev–Trinajstić information content (AvgIpc) is 2.30. The normalized spacial score (nSPS) is 9.76. The lowest BCUT2D eigenvalue weighted by atomic mass is 10.2. The molecule has 0 spiro atoms. The van der Waals surface area contributed by atoms with Crippen LogP contribution in [0.2, 0.25) is 0 Å². The molecule has 0 aliphatic carbocycles. The highest BCUT2D eigenvalue weighted by Crippen LogP contribution is 2.26. The second-order valence-corrected chi connectivity index (χ2v) is 3.98. The molecule has 1 aromatic rings. The van der Waals surface area contributed by atoms with Gasteiger partial charge in [-0.2, -0.15) is 0 Å². The summed E-state index contributed by atoms with van der Waals surface area (Å²) in [6.07, 6.45) is 0.142. The third-order valence-electron chi connectivity index (χ3n) is 1.97. The molecule has 6 heteroatoms. The summed E-state index contributed by atoms with van der Waals surface area (Å²) in [4.78, 5) is 21.5. The molecular formula is C11H11BrO5. The molecule has 0 saturated carbocycles. The minimum absolute atomic E-state index is 0.142. The number of ether oxygens (including phenoxy) is 2. The van der Waals surface area contributed by atoms with E-state index < -0.39 is 5.97 Å². The molecule has 1 rings (SSSR count). The van der Waals surface area contributed by atoms with Crippen molar-refractivity contribution in [2.24, 2.45) is 0 Å². The lowest BCUT2D eigenvalue weighted by molar-refractivity contribution is -0.141. The van der Waals surface area contributed by atoms with Crippen molar-refractivity contribution in [1.29, 1.82) is 0 Å². The summed E-state index contributed by atoms with van der Waals surface area (Å²) in [6.45, 7) is 0.178. The zero-order valence-corrected chi connectivity index (χ0v) is 10.7. The van der Waals surface area contributed by atoms with Crippen LogP contribution in [-0.4, -0.2) is 30.8 Å². The van der Waals surface area contributed by atoms with Crippen LogP contribution in [0.25, 0.3) is 0 Å². The molecule has 0 aromatic heterocycles. The first kappa shape index (κ1) is 13.5. The Balaban J connectivity index is 2.60. The Morgan fingerprint density at radius 3 is 2.65 bits per heavy atom. The van der Waals surface area contributed by atoms with Crippen molar-refractivity contribution in [2.45, 2.75) is 6.42 Å².